The van der Waals surface area contributed by atoms with Crippen molar-refractivity contribution in [2.24, 2.45) is 17.6 Å². The van der Waals surface area contributed by atoms with Crippen molar-refractivity contribution in [2.75, 3.05) is 18.4 Å². The molecule has 0 radical (unpaired) electrons. The van der Waals surface area contributed by atoms with Crippen LogP contribution in [0.15, 0.2) is 18.3 Å². The van der Waals surface area contributed by atoms with Crippen molar-refractivity contribution < 1.29 is 0 Å². The van der Waals surface area contributed by atoms with Crippen molar-refractivity contribution >= 4 is 5.82 Å². The molecule has 1 aromatic heterocycles. The molecule has 0 aromatic carbocycles. The van der Waals surface area contributed by atoms with Crippen LogP contribution in [0.1, 0.15) is 25.7 Å². The Morgan fingerprint density at radius 1 is 1.31 bits per heavy atom. The van der Waals surface area contributed by atoms with Crippen molar-refractivity contribution in [2.45, 2.75) is 25.7 Å². The largest absolute Gasteiger partial charge is 0.368 e. The molecule has 0 aliphatic heterocycles. The summed E-state index contributed by atoms with van der Waals surface area (Å²) in [5.74, 6) is 2.24. The molecule has 1 saturated carbocycles. The zero-order chi connectivity index (χ0) is 11.2. The molecular formula is C12H20N4. The van der Waals surface area contributed by atoms with Crippen molar-refractivity contribution in [3.05, 3.63) is 18.3 Å². The summed E-state index contributed by atoms with van der Waals surface area (Å²) in [6.07, 6.45) is 6.93. The van der Waals surface area contributed by atoms with Crippen LogP contribution in [-0.4, -0.2) is 23.3 Å². The first-order chi connectivity index (χ1) is 7.90. The van der Waals surface area contributed by atoms with E-state index in [1.54, 1.807) is 6.20 Å². The number of hydrogen-bond acceptors (Lipinski definition) is 4. The fraction of sp³-hybridized carbons (Fsp3) is 0.667. The highest BCUT2D eigenvalue weighted by Crippen LogP contribution is 2.29. The van der Waals surface area contributed by atoms with Crippen molar-refractivity contribution in [3.63, 3.8) is 0 Å². The molecule has 1 heterocycles. The number of hydrogen-bond donors (Lipinski definition) is 2. The quantitative estimate of drug-likeness (QED) is 0.810. The molecular weight excluding hydrogens is 200 g/mol. The number of nitrogens with zero attached hydrogens (tertiary/aromatic N) is 2. The maximum Gasteiger partial charge on any atom is 0.148 e. The van der Waals surface area contributed by atoms with Gasteiger partial charge in [0.2, 0.25) is 0 Å². The minimum atomic E-state index is 0.679. The van der Waals surface area contributed by atoms with E-state index < -0.39 is 0 Å². The first kappa shape index (κ1) is 11.3. The van der Waals surface area contributed by atoms with Gasteiger partial charge in [-0.2, -0.15) is 5.10 Å². The summed E-state index contributed by atoms with van der Waals surface area (Å²) in [4.78, 5) is 0. The molecule has 1 aliphatic carbocycles. The normalized spacial score (nSPS) is 25.3. The smallest absolute Gasteiger partial charge is 0.148 e. The van der Waals surface area contributed by atoms with E-state index in [0.717, 1.165) is 18.9 Å². The van der Waals surface area contributed by atoms with E-state index in [0.29, 0.717) is 11.8 Å². The van der Waals surface area contributed by atoms with Crippen LogP contribution in [0.2, 0.25) is 0 Å². The Hall–Kier alpha value is -1.16. The average molecular weight is 220 g/mol. The third-order valence-electron chi connectivity index (χ3n) is 3.49. The second kappa shape index (κ2) is 5.80. The minimum absolute atomic E-state index is 0.679. The molecule has 0 spiro atoms. The van der Waals surface area contributed by atoms with E-state index in [1.165, 1.54) is 25.7 Å². The number of nitrogens with one attached hydrogen (secondary N) is 1. The van der Waals surface area contributed by atoms with Crippen molar-refractivity contribution in [3.8, 4) is 0 Å². The first-order valence-corrected chi connectivity index (χ1v) is 6.12. The summed E-state index contributed by atoms with van der Waals surface area (Å²) < 4.78 is 0. The molecule has 2 atom stereocenters. The van der Waals surface area contributed by atoms with Gasteiger partial charge in [0.25, 0.3) is 0 Å². The van der Waals surface area contributed by atoms with E-state index in [-0.39, 0.29) is 0 Å². The van der Waals surface area contributed by atoms with Crippen LogP contribution in [0, 0.1) is 11.8 Å². The SMILES string of the molecule is NCC1CCCCC1CNc1cccnn1. The fourth-order valence-corrected chi connectivity index (χ4v) is 2.49. The number of nitrogens with two attached hydrogens (primary N) is 1. The molecule has 88 valence electrons. The summed E-state index contributed by atoms with van der Waals surface area (Å²) >= 11 is 0. The van der Waals surface area contributed by atoms with Gasteiger partial charge in [-0.3, -0.25) is 0 Å². The van der Waals surface area contributed by atoms with E-state index in [4.69, 9.17) is 5.73 Å². The molecule has 1 aliphatic rings. The monoisotopic (exact) mass is 220 g/mol. The van der Waals surface area contributed by atoms with E-state index >= 15 is 0 Å². The lowest BCUT2D eigenvalue weighted by atomic mass is 9.79. The highest BCUT2D eigenvalue weighted by molar-refractivity contribution is 5.31. The third-order valence-corrected chi connectivity index (χ3v) is 3.49. The first-order valence-electron chi connectivity index (χ1n) is 6.12. The second-order valence-corrected chi connectivity index (χ2v) is 4.53. The Bertz CT molecular complexity index is 301. The van der Waals surface area contributed by atoms with Crippen molar-refractivity contribution in [1.29, 1.82) is 0 Å². The predicted octanol–water partition coefficient (Wildman–Crippen LogP) is 1.65. The molecule has 0 bridgehead atoms. The van der Waals surface area contributed by atoms with E-state index in [1.807, 2.05) is 12.1 Å². The van der Waals surface area contributed by atoms with Crippen LogP contribution in [0.25, 0.3) is 0 Å². The summed E-state index contributed by atoms with van der Waals surface area (Å²) in [7, 11) is 0. The van der Waals surface area contributed by atoms with E-state index in [9.17, 15) is 0 Å². The molecule has 3 N–H and O–H groups in total. The Labute approximate surface area is 96.6 Å². The van der Waals surface area contributed by atoms with Gasteiger partial charge < -0.3 is 11.1 Å². The van der Waals surface area contributed by atoms with Gasteiger partial charge in [0.1, 0.15) is 5.82 Å². The van der Waals surface area contributed by atoms with Gasteiger partial charge in [-0.05, 0) is 43.4 Å². The maximum absolute atomic E-state index is 5.81. The topological polar surface area (TPSA) is 63.8 Å². The van der Waals surface area contributed by atoms with Crippen LogP contribution >= 0.6 is 0 Å². The van der Waals surface area contributed by atoms with Gasteiger partial charge in [-0.15, -0.1) is 5.10 Å². The molecule has 4 nitrogen and oxygen atoms in total. The second-order valence-electron chi connectivity index (χ2n) is 4.53. The molecule has 0 saturated heterocycles. The van der Waals surface area contributed by atoms with Gasteiger partial charge in [-0.1, -0.05) is 12.8 Å². The van der Waals surface area contributed by atoms with Crippen molar-refractivity contribution in [1.82, 2.24) is 10.2 Å². The maximum atomic E-state index is 5.81. The lowest BCUT2D eigenvalue weighted by molar-refractivity contribution is 0.255. The third kappa shape index (κ3) is 2.92. The Kier molecular flexibility index (Phi) is 4.10. The van der Waals surface area contributed by atoms with Gasteiger partial charge in [0, 0.05) is 12.7 Å². The molecule has 1 aromatic rings. The van der Waals surface area contributed by atoms with Crippen LogP contribution in [-0.2, 0) is 0 Å². The Morgan fingerprint density at radius 3 is 2.81 bits per heavy atom. The number of rotatable bonds is 4. The molecule has 2 unspecified atom stereocenters. The molecule has 1 fully saturated rings. The standard InChI is InChI=1S/C12H20N4/c13-8-10-4-1-2-5-11(10)9-14-12-6-3-7-15-16-12/h3,6-7,10-11H,1-2,4-5,8-9,13H2,(H,14,16). The summed E-state index contributed by atoms with van der Waals surface area (Å²) in [6, 6.07) is 3.85. The molecule has 16 heavy (non-hydrogen) atoms. The summed E-state index contributed by atoms with van der Waals surface area (Å²) in [6.45, 7) is 1.79. The lowest BCUT2D eigenvalue weighted by Gasteiger charge is -2.30. The van der Waals surface area contributed by atoms with Crippen LogP contribution in [0.4, 0.5) is 5.82 Å². The molecule has 2 rings (SSSR count). The van der Waals surface area contributed by atoms with Gasteiger partial charge in [-0.25, -0.2) is 0 Å². The fourth-order valence-electron chi connectivity index (χ4n) is 2.49. The van der Waals surface area contributed by atoms with Crippen LogP contribution in [0.5, 0.6) is 0 Å². The Balaban J connectivity index is 1.84. The zero-order valence-electron chi connectivity index (χ0n) is 9.60. The van der Waals surface area contributed by atoms with Crippen LogP contribution < -0.4 is 11.1 Å². The van der Waals surface area contributed by atoms with Gasteiger partial charge in [0.05, 0.1) is 0 Å². The average Bonchev–Trinajstić information content (AvgIpc) is 2.38. The highest BCUT2D eigenvalue weighted by atomic mass is 15.2. The zero-order valence-corrected chi connectivity index (χ0v) is 9.60. The van der Waals surface area contributed by atoms with Gasteiger partial charge >= 0.3 is 0 Å². The summed E-state index contributed by atoms with van der Waals surface area (Å²) in [5, 5.41) is 11.2. The van der Waals surface area contributed by atoms with Gasteiger partial charge in [0.15, 0.2) is 0 Å². The number of anilines is 1. The Morgan fingerprint density at radius 2 is 2.12 bits per heavy atom. The highest BCUT2D eigenvalue weighted by Gasteiger charge is 2.23. The summed E-state index contributed by atoms with van der Waals surface area (Å²) in [5.41, 5.74) is 5.81. The molecule has 0 amide bonds. The molecule has 4 heteroatoms. The lowest BCUT2D eigenvalue weighted by Crippen LogP contribution is -2.31. The van der Waals surface area contributed by atoms with Crippen LogP contribution in [0.3, 0.4) is 0 Å². The minimum Gasteiger partial charge on any atom is -0.368 e. The van der Waals surface area contributed by atoms with E-state index in [2.05, 4.69) is 15.5 Å². The number of aromatic nitrogens is 2. The predicted molar refractivity (Wildman–Crippen MR) is 65.0 cm³/mol.